The Morgan fingerprint density at radius 1 is 1.22 bits per heavy atom. The van der Waals surface area contributed by atoms with Crippen molar-refractivity contribution in [2.75, 3.05) is 6.54 Å². The molecule has 122 valence electrons. The normalized spacial score (nSPS) is 12.7. The first-order valence-corrected chi connectivity index (χ1v) is 7.35. The molecule has 0 spiro atoms. The SMILES string of the molecule is CC(C)(C)OC(=O)NC(C[N+](=O)[O-])c1cccc2ccccc12. The van der Waals surface area contributed by atoms with Crippen molar-refractivity contribution in [3.05, 3.63) is 58.1 Å². The number of nitrogens with zero attached hydrogens (tertiary/aromatic N) is 1. The van der Waals surface area contributed by atoms with Gasteiger partial charge in [-0.25, -0.2) is 4.79 Å². The fraction of sp³-hybridized carbons (Fsp3) is 0.353. The first-order chi connectivity index (χ1) is 10.8. The zero-order valence-electron chi connectivity index (χ0n) is 13.4. The Hall–Kier alpha value is -2.63. The van der Waals surface area contributed by atoms with Crippen LogP contribution in [0.15, 0.2) is 42.5 Å². The third kappa shape index (κ3) is 4.67. The number of alkyl carbamates (subject to hydrolysis) is 1. The average molecular weight is 316 g/mol. The molecule has 0 heterocycles. The molecule has 6 heteroatoms. The van der Waals surface area contributed by atoms with Gasteiger partial charge in [-0.1, -0.05) is 42.5 Å². The van der Waals surface area contributed by atoms with E-state index in [0.717, 1.165) is 10.8 Å². The maximum atomic E-state index is 12.0. The molecule has 0 fully saturated rings. The predicted octanol–water partition coefficient (Wildman–Crippen LogP) is 3.68. The summed E-state index contributed by atoms with van der Waals surface area (Å²) in [5.41, 5.74) is 0.0350. The van der Waals surface area contributed by atoms with E-state index >= 15 is 0 Å². The monoisotopic (exact) mass is 316 g/mol. The van der Waals surface area contributed by atoms with E-state index in [2.05, 4.69) is 5.32 Å². The maximum absolute atomic E-state index is 12.0. The summed E-state index contributed by atoms with van der Waals surface area (Å²) in [4.78, 5) is 22.6. The lowest BCUT2D eigenvalue weighted by molar-refractivity contribution is -0.484. The standard InChI is InChI=1S/C17H20N2O4/c1-17(2,3)23-16(20)18-15(11-19(21)22)14-10-6-8-12-7-4-5-9-13(12)14/h4-10,15H,11H2,1-3H3,(H,18,20). The van der Waals surface area contributed by atoms with Crippen molar-refractivity contribution in [2.24, 2.45) is 0 Å². The molecule has 0 saturated heterocycles. The van der Waals surface area contributed by atoms with E-state index in [1.54, 1.807) is 26.8 Å². The summed E-state index contributed by atoms with van der Waals surface area (Å²) in [6, 6.07) is 12.3. The Bertz CT molecular complexity index is 717. The smallest absolute Gasteiger partial charge is 0.408 e. The largest absolute Gasteiger partial charge is 0.444 e. The lowest BCUT2D eigenvalue weighted by atomic mass is 9.99. The van der Waals surface area contributed by atoms with Crippen molar-refractivity contribution >= 4 is 16.9 Å². The number of benzene rings is 2. The minimum absolute atomic E-state index is 0.409. The van der Waals surface area contributed by atoms with E-state index in [0.29, 0.717) is 5.56 Å². The fourth-order valence-electron chi connectivity index (χ4n) is 2.37. The van der Waals surface area contributed by atoms with Crippen LogP contribution in [-0.2, 0) is 4.74 Å². The zero-order valence-corrected chi connectivity index (χ0v) is 13.4. The number of carbonyl (C=O) groups excluding carboxylic acids is 1. The highest BCUT2D eigenvalue weighted by Gasteiger charge is 2.25. The molecule has 0 aromatic heterocycles. The Kier molecular flexibility index (Phi) is 4.83. The van der Waals surface area contributed by atoms with Crippen LogP contribution in [0.1, 0.15) is 32.4 Å². The molecular weight excluding hydrogens is 296 g/mol. The number of nitrogens with one attached hydrogen (secondary N) is 1. The summed E-state index contributed by atoms with van der Waals surface area (Å²) in [6.45, 7) is 4.82. The molecule has 1 amide bonds. The number of ether oxygens (including phenoxy) is 1. The van der Waals surface area contributed by atoms with Crippen molar-refractivity contribution < 1.29 is 14.5 Å². The maximum Gasteiger partial charge on any atom is 0.408 e. The minimum Gasteiger partial charge on any atom is -0.444 e. The molecule has 1 N–H and O–H groups in total. The number of fused-ring (bicyclic) bond motifs is 1. The highest BCUT2D eigenvalue weighted by molar-refractivity contribution is 5.86. The van der Waals surface area contributed by atoms with Gasteiger partial charge in [-0.05, 0) is 37.1 Å². The zero-order chi connectivity index (χ0) is 17.0. The summed E-state index contributed by atoms with van der Waals surface area (Å²) in [7, 11) is 0. The molecule has 23 heavy (non-hydrogen) atoms. The average Bonchev–Trinajstić information content (AvgIpc) is 2.43. The van der Waals surface area contributed by atoms with Crippen molar-refractivity contribution in [2.45, 2.75) is 32.4 Å². The third-order valence-electron chi connectivity index (χ3n) is 3.22. The van der Waals surface area contributed by atoms with Gasteiger partial charge in [-0.15, -0.1) is 0 Å². The van der Waals surface area contributed by atoms with Crippen LogP contribution in [0.5, 0.6) is 0 Å². The Labute approximate surface area is 134 Å². The van der Waals surface area contributed by atoms with Crippen LogP contribution in [0, 0.1) is 10.1 Å². The number of rotatable bonds is 4. The van der Waals surface area contributed by atoms with E-state index in [1.807, 2.05) is 36.4 Å². The van der Waals surface area contributed by atoms with Crippen LogP contribution < -0.4 is 5.32 Å². The number of amides is 1. The highest BCUT2D eigenvalue weighted by atomic mass is 16.6. The topological polar surface area (TPSA) is 81.5 Å². The van der Waals surface area contributed by atoms with Gasteiger partial charge in [0.15, 0.2) is 0 Å². The molecule has 0 aliphatic rings. The minimum atomic E-state index is -0.758. The van der Waals surface area contributed by atoms with Crippen molar-refractivity contribution in [3.8, 4) is 0 Å². The van der Waals surface area contributed by atoms with Gasteiger partial charge in [0.2, 0.25) is 6.54 Å². The number of hydrogen-bond donors (Lipinski definition) is 1. The Morgan fingerprint density at radius 3 is 2.52 bits per heavy atom. The molecule has 0 saturated carbocycles. The highest BCUT2D eigenvalue weighted by Crippen LogP contribution is 2.25. The second kappa shape index (κ2) is 6.64. The molecule has 0 bridgehead atoms. The summed E-state index contributed by atoms with van der Waals surface area (Å²) < 4.78 is 5.21. The number of hydrogen-bond acceptors (Lipinski definition) is 4. The fourth-order valence-corrected chi connectivity index (χ4v) is 2.37. The van der Waals surface area contributed by atoms with Gasteiger partial charge in [0.05, 0.1) is 0 Å². The molecule has 2 aromatic carbocycles. The lowest BCUT2D eigenvalue weighted by Crippen LogP contribution is -2.37. The molecule has 6 nitrogen and oxygen atoms in total. The molecular formula is C17H20N2O4. The van der Waals surface area contributed by atoms with Crippen molar-refractivity contribution in [1.82, 2.24) is 5.32 Å². The number of carbonyl (C=O) groups is 1. The Morgan fingerprint density at radius 2 is 1.87 bits per heavy atom. The van der Waals surface area contributed by atoms with Gasteiger partial charge in [-0.3, -0.25) is 10.1 Å². The van der Waals surface area contributed by atoms with E-state index in [4.69, 9.17) is 4.74 Å². The summed E-state index contributed by atoms with van der Waals surface area (Å²) >= 11 is 0. The first kappa shape index (κ1) is 16.7. The van der Waals surface area contributed by atoms with Gasteiger partial charge in [0, 0.05) is 4.92 Å². The van der Waals surface area contributed by atoms with Gasteiger partial charge in [0.25, 0.3) is 0 Å². The van der Waals surface area contributed by atoms with Crippen LogP contribution in [0.4, 0.5) is 4.79 Å². The van der Waals surface area contributed by atoms with E-state index in [1.165, 1.54) is 0 Å². The van der Waals surface area contributed by atoms with Crippen LogP contribution in [-0.4, -0.2) is 23.2 Å². The van der Waals surface area contributed by atoms with Crippen LogP contribution in [0.3, 0.4) is 0 Å². The van der Waals surface area contributed by atoms with Crippen molar-refractivity contribution in [1.29, 1.82) is 0 Å². The van der Waals surface area contributed by atoms with Gasteiger partial charge >= 0.3 is 6.09 Å². The second-order valence-corrected chi connectivity index (χ2v) is 6.28. The molecule has 0 aliphatic heterocycles. The predicted molar refractivity (Wildman–Crippen MR) is 87.9 cm³/mol. The van der Waals surface area contributed by atoms with Crippen LogP contribution in [0.2, 0.25) is 0 Å². The van der Waals surface area contributed by atoms with Crippen LogP contribution in [0.25, 0.3) is 10.8 Å². The quantitative estimate of drug-likeness (QED) is 0.689. The molecule has 1 unspecified atom stereocenters. The molecule has 2 rings (SSSR count). The Balaban J connectivity index is 2.34. The summed E-state index contributed by atoms with van der Waals surface area (Å²) in [5, 5.41) is 15.4. The van der Waals surface area contributed by atoms with Crippen LogP contribution >= 0.6 is 0 Å². The van der Waals surface area contributed by atoms with Gasteiger partial charge in [0.1, 0.15) is 11.6 Å². The third-order valence-corrected chi connectivity index (χ3v) is 3.22. The van der Waals surface area contributed by atoms with E-state index < -0.39 is 29.2 Å². The van der Waals surface area contributed by atoms with Gasteiger partial charge < -0.3 is 10.1 Å². The molecule has 0 radical (unpaired) electrons. The first-order valence-electron chi connectivity index (χ1n) is 7.35. The summed E-state index contributed by atoms with van der Waals surface area (Å²) in [5.74, 6) is 0. The lowest BCUT2D eigenvalue weighted by Gasteiger charge is -2.23. The molecule has 2 aromatic rings. The van der Waals surface area contributed by atoms with Gasteiger partial charge in [-0.2, -0.15) is 0 Å². The molecule has 1 atom stereocenters. The van der Waals surface area contributed by atoms with E-state index in [9.17, 15) is 14.9 Å². The van der Waals surface area contributed by atoms with E-state index in [-0.39, 0.29) is 0 Å². The number of nitro groups is 1. The summed E-state index contributed by atoms with van der Waals surface area (Å²) in [6.07, 6.45) is -0.669. The molecule has 0 aliphatic carbocycles. The van der Waals surface area contributed by atoms with Crippen molar-refractivity contribution in [3.63, 3.8) is 0 Å². The second-order valence-electron chi connectivity index (χ2n) is 6.28.